The van der Waals surface area contributed by atoms with Gasteiger partial charge in [-0.1, -0.05) is 24.3 Å². The zero-order valence-electron chi connectivity index (χ0n) is 12.4. The van der Waals surface area contributed by atoms with Crippen molar-refractivity contribution < 1.29 is 18.6 Å². The third-order valence-electron chi connectivity index (χ3n) is 5.48. The summed E-state index contributed by atoms with van der Waals surface area (Å²) in [5.41, 5.74) is 0.943. The monoisotopic (exact) mass is 309 g/mol. The van der Waals surface area contributed by atoms with Crippen molar-refractivity contribution in [3.05, 3.63) is 35.4 Å². The van der Waals surface area contributed by atoms with E-state index in [0.717, 1.165) is 30.5 Å². The Balaban J connectivity index is 1.48. The zero-order valence-corrected chi connectivity index (χ0v) is 12.4. The summed E-state index contributed by atoms with van der Waals surface area (Å²) in [5, 5.41) is 13.7. The van der Waals surface area contributed by atoms with E-state index >= 15 is 0 Å². The maximum absolute atomic E-state index is 13.3. The standard InChI is InChI=1S/C17H21F2NO2/c18-17(19)8-15(9-17)5-6-20-14(7-15)12-1-3-13(4-2-12)16(21)10-22-11-16/h1-4,14,20-21H,5-11H2. The number of rotatable bonds is 2. The van der Waals surface area contributed by atoms with Crippen LogP contribution >= 0.6 is 0 Å². The lowest BCUT2D eigenvalue weighted by atomic mass is 9.59. The molecule has 4 rings (SSSR count). The fourth-order valence-electron chi connectivity index (χ4n) is 4.21. The highest BCUT2D eigenvalue weighted by Gasteiger charge is 2.57. The van der Waals surface area contributed by atoms with E-state index in [1.54, 1.807) is 0 Å². The summed E-state index contributed by atoms with van der Waals surface area (Å²) in [6.45, 7) is 1.47. The van der Waals surface area contributed by atoms with Crippen molar-refractivity contribution in [2.75, 3.05) is 19.8 Å². The van der Waals surface area contributed by atoms with Gasteiger partial charge >= 0.3 is 0 Å². The molecule has 2 heterocycles. The van der Waals surface area contributed by atoms with Crippen LogP contribution in [0.2, 0.25) is 0 Å². The van der Waals surface area contributed by atoms with Crippen LogP contribution in [0.15, 0.2) is 24.3 Å². The number of benzene rings is 1. The molecule has 1 aromatic rings. The molecule has 3 nitrogen and oxygen atoms in total. The Hall–Kier alpha value is -1.04. The molecule has 2 saturated heterocycles. The lowest BCUT2D eigenvalue weighted by Gasteiger charge is -2.52. The molecule has 1 spiro atoms. The van der Waals surface area contributed by atoms with Crippen LogP contribution in [0.5, 0.6) is 0 Å². The molecule has 120 valence electrons. The van der Waals surface area contributed by atoms with Crippen molar-refractivity contribution in [1.29, 1.82) is 0 Å². The van der Waals surface area contributed by atoms with Gasteiger partial charge < -0.3 is 15.2 Å². The van der Waals surface area contributed by atoms with Crippen molar-refractivity contribution in [3.8, 4) is 0 Å². The van der Waals surface area contributed by atoms with E-state index in [4.69, 9.17) is 4.74 Å². The number of halogens is 2. The van der Waals surface area contributed by atoms with Crippen LogP contribution in [0, 0.1) is 5.41 Å². The summed E-state index contributed by atoms with van der Waals surface area (Å²) >= 11 is 0. The molecule has 2 aliphatic heterocycles. The second kappa shape index (κ2) is 4.73. The Labute approximate surface area is 128 Å². The van der Waals surface area contributed by atoms with Crippen LogP contribution in [0.1, 0.15) is 42.9 Å². The van der Waals surface area contributed by atoms with Gasteiger partial charge in [0, 0.05) is 18.9 Å². The Morgan fingerprint density at radius 3 is 2.36 bits per heavy atom. The average Bonchev–Trinajstić information content (AvgIpc) is 2.43. The molecule has 0 bridgehead atoms. The van der Waals surface area contributed by atoms with Crippen molar-refractivity contribution >= 4 is 0 Å². The van der Waals surface area contributed by atoms with Crippen LogP contribution in [0.3, 0.4) is 0 Å². The van der Waals surface area contributed by atoms with E-state index in [0.29, 0.717) is 13.2 Å². The fourth-order valence-corrected chi connectivity index (χ4v) is 4.21. The Morgan fingerprint density at radius 1 is 1.14 bits per heavy atom. The fraction of sp³-hybridized carbons (Fsp3) is 0.647. The first-order valence-electron chi connectivity index (χ1n) is 7.92. The Kier molecular flexibility index (Phi) is 3.13. The van der Waals surface area contributed by atoms with Crippen LogP contribution in [0.4, 0.5) is 8.78 Å². The predicted octanol–water partition coefficient (Wildman–Crippen LogP) is 2.74. The Morgan fingerprint density at radius 2 is 1.82 bits per heavy atom. The summed E-state index contributed by atoms with van der Waals surface area (Å²) in [6, 6.07) is 7.98. The van der Waals surface area contributed by atoms with E-state index in [1.807, 2.05) is 24.3 Å². The quantitative estimate of drug-likeness (QED) is 0.882. The van der Waals surface area contributed by atoms with Gasteiger partial charge in [-0.2, -0.15) is 0 Å². The van der Waals surface area contributed by atoms with Crippen LogP contribution in [0.25, 0.3) is 0 Å². The molecule has 0 amide bonds. The minimum absolute atomic E-state index is 0.0351. The van der Waals surface area contributed by atoms with E-state index in [1.165, 1.54) is 0 Å². The summed E-state index contributed by atoms with van der Waals surface area (Å²) in [7, 11) is 0. The predicted molar refractivity (Wildman–Crippen MR) is 77.7 cm³/mol. The summed E-state index contributed by atoms with van der Waals surface area (Å²) in [4.78, 5) is 0. The third kappa shape index (κ3) is 2.36. The molecule has 22 heavy (non-hydrogen) atoms. The van der Waals surface area contributed by atoms with Gasteiger partial charge in [-0.15, -0.1) is 0 Å². The number of ether oxygens (including phenoxy) is 1. The molecule has 0 radical (unpaired) electrons. The van der Waals surface area contributed by atoms with E-state index < -0.39 is 11.5 Å². The number of alkyl halides is 2. The van der Waals surface area contributed by atoms with Crippen molar-refractivity contribution in [3.63, 3.8) is 0 Å². The minimum Gasteiger partial charge on any atom is -0.380 e. The average molecular weight is 309 g/mol. The second-order valence-corrected chi connectivity index (χ2v) is 7.32. The van der Waals surface area contributed by atoms with Gasteiger partial charge in [0.15, 0.2) is 0 Å². The molecule has 0 aromatic heterocycles. The van der Waals surface area contributed by atoms with Crippen LogP contribution in [-0.2, 0) is 10.3 Å². The van der Waals surface area contributed by atoms with E-state index in [2.05, 4.69) is 5.32 Å². The summed E-state index contributed by atoms with van der Waals surface area (Å²) in [5.74, 6) is -2.46. The molecular weight excluding hydrogens is 288 g/mol. The highest BCUT2D eigenvalue weighted by molar-refractivity contribution is 5.31. The molecule has 1 unspecified atom stereocenters. The third-order valence-corrected chi connectivity index (χ3v) is 5.48. The maximum atomic E-state index is 13.3. The molecule has 1 aliphatic carbocycles. The van der Waals surface area contributed by atoms with Gasteiger partial charge in [-0.05, 0) is 35.9 Å². The zero-order chi connectivity index (χ0) is 15.4. The number of aliphatic hydroxyl groups is 1. The van der Waals surface area contributed by atoms with Gasteiger partial charge in [0.25, 0.3) is 0 Å². The number of hydrogen-bond donors (Lipinski definition) is 2. The van der Waals surface area contributed by atoms with Crippen LogP contribution in [-0.4, -0.2) is 30.8 Å². The summed E-state index contributed by atoms with van der Waals surface area (Å²) < 4.78 is 31.6. The molecule has 3 aliphatic rings. The molecule has 1 atom stereocenters. The van der Waals surface area contributed by atoms with E-state index in [9.17, 15) is 13.9 Å². The SMILES string of the molecule is OC1(c2ccc(C3CC4(CCN3)CC(F)(F)C4)cc2)COC1. The largest absolute Gasteiger partial charge is 0.380 e. The van der Waals surface area contributed by atoms with Crippen molar-refractivity contribution in [1.82, 2.24) is 5.32 Å². The van der Waals surface area contributed by atoms with Crippen LogP contribution < -0.4 is 5.32 Å². The van der Waals surface area contributed by atoms with Gasteiger partial charge in [-0.25, -0.2) is 8.78 Å². The lowest BCUT2D eigenvalue weighted by molar-refractivity contribution is -0.184. The van der Waals surface area contributed by atoms with Gasteiger partial charge in [0.2, 0.25) is 5.92 Å². The second-order valence-electron chi connectivity index (χ2n) is 7.32. The molecule has 5 heteroatoms. The highest BCUT2D eigenvalue weighted by atomic mass is 19.3. The van der Waals surface area contributed by atoms with Crippen molar-refractivity contribution in [2.24, 2.45) is 5.41 Å². The number of hydrogen-bond acceptors (Lipinski definition) is 3. The molecule has 2 N–H and O–H groups in total. The smallest absolute Gasteiger partial charge is 0.249 e. The first-order valence-corrected chi connectivity index (χ1v) is 7.92. The molecule has 3 fully saturated rings. The first kappa shape index (κ1) is 14.5. The normalized spacial score (nSPS) is 31.3. The highest BCUT2D eigenvalue weighted by Crippen LogP contribution is 2.58. The van der Waals surface area contributed by atoms with Gasteiger partial charge in [0.1, 0.15) is 5.60 Å². The molecule has 1 saturated carbocycles. The topological polar surface area (TPSA) is 41.5 Å². The Bertz CT molecular complexity index is 561. The number of nitrogens with one attached hydrogen (secondary N) is 1. The first-order chi connectivity index (χ1) is 10.4. The van der Waals surface area contributed by atoms with Crippen molar-refractivity contribution in [2.45, 2.75) is 43.2 Å². The molecular formula is C17H21F2NO2. The van der Waals surface area contributed by atoms with E-state index in [-0.39, 0.29) is 24.3 Å². The minimum atomic E-state index is -2.46. The maximum Gasteiger partial charge on any atom is 0.249 e. The van der Waals surface area contributed by atoms with Gasteiger partial charge in [-0.3, -0.25) is 0 Å². The molecule has 1 aromatic carbocycles. The number of piperidine rings is 1. The summed E-state index contributed by atoms with van der Waals surface area (Å²) in [6.07, 6.45) is 1.68. The van der Waals surface area contributed by atoms with Gasteiger partial charge in [0.05, 0.1) is 13.2 Å². The lowest BCUT2D eigenvalue weighted by Crippen LogP contribution is -2.52.